The largest absolute Gasteiger partial charge is 0.398 e. The number of benzene rings is 6. The Morgan fingerprint density at radius 1 is 0.486 bits per heavy atom. The highest BCUT2D eigenvalue weighted by Gasteiger charge is 2.17. The number of nitrogens with two attached hydrogens (primary N) is 1. The van der Waals surface area contributed by atoms with Crippen LogP contribution in [0, 0.1) is 0 Å². The Bertz CT molecular complexity index is 1960. The molecule has 0 radical (unpaired) electrons. The molecule has 0 fully saturated rings. The molecule has 5 nitrogen and oxygen atoms in total. The molecule has 35 heavy (non-hydrogen) atoms. The van der Waals surface area contributed by atoms with E-state index >= 15 is 0 Å². The van der Waals surface area contributed by atoms with E-state index < -0.39 is 18.1 Å². The molecule has 0 amide bonds. The van der Waals surface area contributed by atoms with Crippen LogP contribution >= 0.6 is 21.4 Å². The van der Waals surface area contributed by atoms with Crippen molar-refractivity contribution >= 4 is 88.2 Å². The molecule has 6 aromatic carbocycles. The lowest BCUT2D eigenvalue weighted by Gasteiger charge is -2.12. The predicted octanol–water partition coefficient (Wildman–Crippen LogP) is 6.86. The summed E-state index contributed by atoms with van der Waals surface area (Å²) < 4.78 is 46.1. The Hall–Kier alpha value is -3.10. The molecule has 0 unspecified atom stereocenters. The molecule has 0 heterocycles. The van der Waals surface area contributed by atoms with Crippen LogP contribution in [0.3, 0.4) is 0 Å². The third-order valence-electron chi connectivity index (χ3n) is 5.93. The zero-order chi connectivity index (χ0) is 25.0. The molecule has 176 valence electrons. The Balaban J connectivity index is 0.000000152. The van der Waals surface area contributed by atoms with Crippen LogP contribution < -0.4 is 5.73 Å². The number of hydrogen-bond acceptors (Lipinski definition) is 5. The van der Waals surface area contributed by atoms with Crippen LogP contribution in [0.25, 0.3) is 43.1 Å². The van der Waals surface area contributed by atoms with Crippen molar-refractivity contribution in [3.8, 4) is 0 Å². The molecule has 0 spiro atoms. The minimum Gasteiger partial charge on any atom is -0.398 e. The van der Waals surface area contributed by atoms with Gasteiger partial charge in [0.2, 0.25) is 0 Å². The zero-order valence-corrected chi connectivity index (χ0v) is 21.1. The first-order valence-electron chi connectivity index (χ1n) is 10.4. The summed E-state index contributed by atoms with van der Waals surface area (Å²) in [6, 6.07) is 27.2. The van der Waals surface area contributed by atoms with E-state index in [-0.39, 0.29) is 9.79 Å². The molecule has 0 aliphatic heterocycles. The van der Waals surface area contributed by atoms with E-state index in [4.69, 9.17) is 27.1 Å². The fraction of sp³-hybridized carbons (Fsp3) is 0. The molecular weight excluding hydrogens is 525 g/mol. The van der Waals surface area contributed by atoms with Gasteiger partial charge in [0, 0.05) is 43.2 Å². The first-order valence-corrected chi connectivity index (χ1v) is 15.0. The summed E-state index contributed by atoms with van der Waals surface area (Å²) in [7, 11) is 3.39. The summed E-state index contributed by atoms with van der Waals surface area (Å²) in [5.41, 5.74) is 6.27. The van der Waals surface area contributed by atoms with Crippen molar-refractivity contribution in [1.82, 2.24) is 0 Å². The number of nitrogen functional groups attached to an aromatic ring is 1. The third-order valence-corrected chi connectivity index (χ3v) is 8.69. The predicted molar refractivity (Wildman–Crippen MR) is 145 cm³/mol. The lowest BCUT2D eigenvalue weighted by atomic mass is 9.94. The highest BCUT2D eigenvalue weighted by Crippen LogP contribution is 2.37. The SMILES string of the molecule is Nc1ccc(S(=O)(=O)Cl)c2ccccc12.O=S(=O)(Cl)c1ccc2ccc3cccc4ccc1c2c34. The maximum absolute atomic E-state index is 11.7. The molecule has 0 atom stereocenters. The second-order valence-electron chi connectivity index (χ2n) is 7.99. The van der Waals surface area contributed by atoms with E-state index in [1.807, 2.05) is 42.5 Å². The van der Waals surface area contributed by atoms with Crippen molar-refractivity contribution in [3.63, 3.8) is 0 Å². The van der Waals surface area contributed by atoms with Crippen LogP contribution in [0.5, 0.6) is 0 Å². The minimum absolute atomic E-state index is 0.0916. The average molecular weight is 542 g/mol. The van der Waals surface area contributed by atoms with Crippen LogP contribution in [0.15, 0.2) is 101 Å². The smallest absolute Gasteiger partial charge is 0.261 e. The van der Waals surface area contributed by atoms with E-state index in [1.165, 1.54) is 12.1 Å². The van der Waals surface area contributed by atoms with E-state index in [0.29, 0.717) is 21.8 Å². The van der Waals surface area contributed by atoms with Crippen LogP contribution in [0.2, 0.25) is 0 Å². The van der Waals surface area contributed by atoms with Gasteiger partial charge < -0.3 is 5.73 Å². The number of halogens is 2. The second-order valence-corrected chi connectivity index (χ2v) is 13.1. The quantitative estimate of drug-likeness (QED) is 0.147. The van der Waals surface area contributed by atoms with E-state index in [1.54, 1.807) is 30.3 Å². The van der Waals surface area contributed by atoms with Crippen molar-refractivity contribution in [2.24, 2.45) is 0 Å². The van der Waals surface area contributed by atoms with Gasteiger partial charge in [-0.2, -0.15) is 0 Å². The fourth-order valence-corrected chi connectivity index (χ4v) is 6.57. The highest BCUT2D eigenvalue weighted by atomic mass is 35.7. The number of hydrogen-bond donors (Lipinski definition) is 1. The third kappa shape index (κ3) is 4.25. The Morgan fingerprint density at radius 2 is 0.971 bits per heavy atom. The Labute approximate surface area is 210 Å². The van der Waals surface area contributed by atoms with Gasteiger partial charge in [0.25, 0.3) is 18.1 Å². The summed E-state index contributed by atoms with van der Waals surface area (Å²) in [5, 5.41) is 7.20. The molecule has 2 N–H and O–H groups in total. The zero-order valence-electron chi connectivity index (χ0n) is 17.9. The molecule has 0 saturated heterocycles. The molecule has 0 bridgehead atoms. The van der Waals surface area contributed by atoms with Gasteiger partial charge in [-0.1, -0.05) is 72.8 Å². The van der Waals surface area contributed by atoms with Crippen molar-refractivity contribution in [1.29, 1.82) is 0 Å². The number of rotatable bonds is 2. The van der Waals surface area contributed by atoms with Crippen LogP contribution in [-0.4, -0.2) is 16.8 Å². The van der Waals surface area contributed by atoms with Crippen molar-refractivity contribution in [3.05, 3.63) is 91.0 Å². The Kier molecular flexibility index (Phi) is 5.76. The van der Waals surface area contributed by atoms with Gasteiger partial charge in [-0.15, -0.1) is 0 Å². The maximum atomic E-state index is 11.7. The standard InChI is InChI=1S/C16H9ClO2S.C10H8ClNO2S/c17-20(18,19)14-9-7-12-5-4-10-2-1-3-11-6-8-13(14)16(12)15(10)11;11-15(13,14)10-6-5-9(12)7-3-1-2-4-8(7)10/h1-9H;1-6H,12H2. The monoisotopic (exact) mass is 541 g/mol. The van der Waals surface area contributed by atoms with E-state index in [0.717, 1.165) is 26.9 Å². The van der Waals surface area contributed by atoms with Gasteiger partial charge in [0.1, 0.15) is 0 Å². The molecule has 6 aromatic rings. The van der Waals surface area contributed by atoms with Gasteiger partial charge in [0.05, 0.1) is 9.79 Å². The molecule has 0 saturated carbocycles. The lowest BCUT2D eigenvalue weighted by molar-refractivity contribution is 0.608. The van der Waals surface area contributed by atoms with Crippen LogP contribution in [-0.2, 0) is 18.1 Å². The fourth-order valence-electron chi connectivity index (χ4n) is 4.43. The van der Waals surface area contributed by atoms with Crippen molar-refractivity contribution in [2.45, 2.75) is 9.79 Å². The summed E-state index contributed by atoms with van der Waals surface area (Å²) >= 11 is 0. The molecule has 0 aromatic heterocycles. The summed E-state index contributed by atoms with van der Waals surface area (Å²) in [4.78, 5) is 0.263. The molecule has 0 aliphatic rings. The van der Waals surface area contributed by atoms with Crippen molar-refractivity contribution < 1.29 is 16.8 Å². The number of fused-ring (bicyclic) bond motifs is 1. The van der Waals surface area contributed by atoms with E-state index in [2.05, 4.69) is 6.07 Å². The lowest BCUT2D eigenvalue weighted by Crippen LogP contribution is -1.95. The normalized spacial score (nSPS) is 12.3. The van der Waals surface area contributed by atoms with E-state index in [9.17, 15) is 16.8 Å². The van der Waals surface area contributed by atoms with Crippen molar-refractivity contribution in [2.75, 3.05) is 5.73 Å². The first kappa shape index (κ1) is 23.6. The van der Waals surface area contributed by atoms with Gasteiger partial charge in [-0.3, -0.25) is 0 Å². The summed E-state index contributed by atoms with van der Waals surface area (Å²) in [5.74, 6) is 0. The summed E-state index contributed by atoms with van der Waals surface area (Å²) in [6.07, 6.45) is 0. The first-order chi connectivity index (χ1) is 16.6. The second kappa shape index (κ2) is 8.53. The average Bonchev–Trinajstić information content (AvgIpc) is 2.82. The van der Waals surface area contributed by atoms with Gasteiger partial charge in [-0.25, -0.2) is 16.8 Å². The highest BCUT2D eigenvalue weighted by molar-refractivity contribution is 8.14. The van der Waals surface area contributed by atoms with Gasteiger partial charge in [-0.05, 0) is 45.1 Å². The number of anilines is 1. The Morgan fingerprint density at radius 3 is 1.60 bits per heavy atom. The van der Waals surface area contributed by atoms with Gasteiger partial charge in [0.15, 0.2) is 0 Å². The molecular formula is C26H17Cl2NO4S2. The molecule has 9 heteroatoms. The maximum Gasteiger partial charge on any atom is 0.261 e. The van der Waals surface area contributed by atoms with Gasteiger partial charge >= 0.3 is 0 Å². The topological polar surface area (TPSA) is 94.3 Å². The molecule has 0 aliphatic carbocycles. The minimum atomic E-state index is -3.76. The van der Waals surface area contributed by atoms with Crippen LogP contribution in [0.4, 0.5) is 5.69 Å². The molecule has 6 rings (SSSR count). The van der Waals surface area contributed by atoms with Crippen LogP contribution in [0.1, 0.15) is 0 Å². The summed E-state index contributed by atoms with van der Waals surface area (Å²) in [6.45, 7) is 0.